The second-order valence-electron chi connectivity index (χ2n) is 2.88. The summed E-state index contributed by atoms with van der Waals surface area (Å²) in [4.78, 5) is 0. The molecule has 1 aliphatic rings. The Balaban J connectivity index is 2.16. The Kier molecular flexibility index (Phi) is 2.32. The van der Waals surface area contributed by atoms with Gasteiger partial charge in [0, 0.05) is 0 Å². The first-order valence-corrected chi connectivity index (χ1v) is 4.07. The first-order valence-electron chi connectivity index (χ1n) is 4.07. The van der Waals surface area contributed by atoms with Crippen LogP contribution in [0.2, 0.25) is 0 Å². The predicted octanol–water partition coefficient (Wildman–Crippen LogP) is 3.14. The summed E-state index contributed by atoms with van der Waals surface area (Å²) in [7, 11) is 0. The van der Waals surface area contributed by atoms with Crippen molar-refractivity contribution in [3.8, 4) is 0 Å². The third kappa shape index (κ3) is 1.85. The lowest BCUT2D eigenvalue weighted by atomic mass is 10.2. The van der Waals surface area contributed by atoms with Gasteiger partial charge in [-0.15, -0.1) is 0 Å². The first-order chi connectivity index (χ1) is 4.38. The lowest BCUT2D eigenvalue weighted by Gasteiger charge is -1.85. The molecule has 1 unspecified atom stereocenters. The summed E-state index contributed by atoms with van der Waals surface area (Å²) in [6, 6.07) is 0. The molecule has 0 N–H and O–H groups in total. The van der Waals surface area contributed by atoms with E-state index in [2.05, 4.69) is 19.9 Å². The molecule has 0 radical (unpaired) electrons. The molecule has 1 rings (SSSR count). The predicted molar refractivity (Wildman–Crippen MR) is 41.4 cm³/mol. The van der Waals surface area contributed by atoms with E-state index in [-0.39, 0.29) is 0 Å². The zero-order valence-electron chi connectivity index (χ0n) is 6.48. The van der Waals surface area contributed by atoms with Gasteiger partial charge in [-0.1, -0.05) is 31.9 Å². The summed E-state index contributed by atoms with van der Waals surface area (Å²) in [6.45, 7) is 4.48. The Bertz CT molecular complexity index is 111. The highest BCUT2D eigenvalue weighted by Crippen LogP contribution is 2.41. The van der Waals surface area contributed by atoms with Crippen LogP contribution in [0.15, 0.2) is 11.6 Å². The Labute approximate surface area is 58.0 Å². The number of hydrogen-bond acceptors (Lipinski definition) is 0. The smallest absolute Gasteiger partial charge is 0.0166 e. The molecule has 0 nitrogen and oxygen atoms in total. The summed E-state index contributed by atoms with van der Waals surface area (Å²) in [6.07, 6.45) is 7.80. The summed E-state index contributed by atoms with van der Waals surface area (Å²) in [5.41, 5.74) is 1.72. The zero-order chi connectivity index (χ0) is 6.69. The van der Waals surface area contributed by atoms with Gasteiger partial charge in [-0.2, -0.15) is 0 Å². The van der Waals surface area contributed by atoms with Crippen LogP contribution in [0.1, 0.15) is 39.5 Å². The quantitative estimate of drug-likeness (QED) is 0.507. The fourth-order valence-electron chi connectivity index (χ4n) is 1.37. The minimum Gasteiger partial charge on any atom is -0.0853 e. The second kappa shape index (κ2) is 3.05. The van der Waals surface area contributed by atoms with Gasteiger partial charge in [0.05, 0.1) is 0 Å². The molecular weight excluding hydrogens is 108 g/mol. The molecule has 1 fully saturated rings. The van der Waals surface area contributed by atoms with E-state index < -0.39 is 0 Å². The maximum absolute atomic E-state index is 2.39. The molecule has 0 heteroatoms. The largest absolute Gasteiger partial charge is 0.0853 e. The van der Waals surface area contributed by atoms with E-state index in [4.69, 9.17) is 0 Å². The molecule has 0 aliphatic heterocycles. The molecule has 1 atom stereocenters. The highest BCUT2D eigenvalue weighted by molar-refractivity contribution is 5.22. The molecule has 0 spiro atoms. The average molecular weight is 124 g/mol. The molecule has 0 saturated heterocycles. The van der Waals surface area contributed by atoms with Gasteiger partial charge in [0.1, 0.15) is 0 Å². The SMILES string of the molecule is CCC=C1CC1CCC. The van der Waals surface area contributed by atoms with Crippen molar-refractivity contribution in [2.24, 2.45) is 5.92 Å². The topological polar surface area (TPSA) is 0 Å². The van der Waals surface area contributed by atoms with Crippen molar-refractivity contribution in [1.82, 2.24) is 0 Å². The van der Waals surface area contributed by atoms with Gasteiger partial charge in [-0.3, -0.25) is 0 Å². The minimum absolute atomic E-state index is 0.995. The van der Waals surface area contributed by atoms with E-state index >= 15 is 0 Å². The Morgan fingerprint density at radius 2 is 2.33 bits per heavy atom. The summed E-state index contributed by atoms with van der Waals surface area (Å²) >= 11 is 0. The zero-order valence-corrected chi connectivity index (χ0v) is 6.48. The van der Waals surface area contributed by atoms with Crippen LogP contribution in [0.5, 0.6) is 0 Å². The minimum atomic E-state index is 0.995. The lowest BCUT2D eigenvalue weighted by Crippen LogP contribution is -1.70. The van der Waals surface area contributed by atoms with Gasteiger partial charge in [0.15, 0.2) is 0 Å². The third-order valence-corrected chi connectivity index (χ3v) is 1.95. The number of rotatable bonds is 3. The van der Waals surface area contributed by atoms with Crippen molar-refractivity contribution in [1.29, 1.82) is 0 Å². The average Bonchev–Trinajstić information content (AvgIpc) is 2.50. The normalized spacial score (nSPS) is 29.1. The summed E-state index contributed by atoms with van der Waals surface area (Å²) in [5.74, 6) is 0.995. The van der Waals surface area contributed by atoms with Gasteiger partial charge in [0.25, 0.3) is 0 Å². The Morgan fingerprint density at radius 1 is 1.56 bits per heavy atom. The van der Waals surface area contributed by atoms with Crippen LogP contribution < -0.4 is 0 Å². The number of allylic oxidation sites excluding steroid dienone is 2. The van der Waals surface area contributed by atoms with Crippen molar-refractivity contribution in [3.05, 3.63) is 11.6 Å². The molecule has 0 aromatic rings. The van der Waals surface area contributed by atoms with E-state index in [9.17, 15) is 0 Å². The molecule has 1 saturated carbocycles. The molecule has 9 heavy (non-hydrogen) atoms. The fraction of sp³-hybridized carbons (Fsp3) is 0.778. The number of hydrogen-bond donors (Lipinski definition) is 0. The van der Waals surface area contributed by atoms with Crippen LogP contribution >= 0.6 is 0 Å². The molecule has 0 amide bonds. The van der Waals surface area contributed by atoms with Crippen LogP contribution in [0.25, 0.3) is 0 Å². The van der Waals surface area contributed by atoms with Crippen molar-refractivity contribution in [2.75, 3.05) is 0 Å². The van der Waals surface area contributed by atoms with Gasteiger partial charge in [-0.25, -0.2) is 0 Å². The van der Waals surface area contributed by atoms with Gasteiger partial charge < -0.3 is 0 Å². The fourth-order valence-corrected chi connectivity index (χ4v) is 1.37. The molecular formula is C9H16. The lowest BCUT2D eigenvalue weighted by molar-refractivity contribution is 0.726. The standard InChI is InChI=1S/C9H16/c1-3-5-8-7-9(8)6-4-2/h5,9H,3-4,6-7H2,1-2H3. The van der Waals surface area contributed by atoms with Crippen molar-refractivity contribution >= 4 is 0 Å². The van der Waals surface area contributed by atoms with Crippen molar-refractivity contribution in [3.63, 3.8) is 0 Å². The summed E-state index contributed by atoms with van der Waals surface area (Å²) in [5, 5.41) is 0. The second-order valence-corrected chi connectivity index (χ2v) is 2.88. The monoisotopic (exact) mass is 124 g/mol. The molecule has 0 bridgehead atoms. The third-order valence-electron chi connectivity index (χ3n) is 1.95. The van der Waals surface area contributed by atoms with Crippen LogP contribution in [0, 0.1) is 5.92 Å². The van der Waals surface area contributed by atoms with Gasteiger partial charge in [0.2, 0.25) is 0 Å². The van der Waals surface area contributed by atoms with Gasteiger partial charge >= 0.3 is 0 Å². The van der Waals surface area contributed by atoms with E-state index in [0.717, 1.165) is 5.92 Å². The van der Waals surface area contributed by atoms with E-state index in [1.54, 1.807) is 5.57 Å². The molecule has 1 aliphatic carbocycles. The molecule has 52 valence electrons. The maximum atomic E-state index is 2.39. The van der Waals surface area contributed by atoms with Crippen LogP contribution in [-0.4, -0.2) is 0 Å². The van der Waals surface area contributed by atoms with Crippen molar-refractivity contribution < 1.29 is 0 Å². The molecule has 0 heterocycles. The maximum Gasteiger partial charge on any atom is -0.0166 e. The van der Waals surface area contributed by atoms with Crippen molar-refractivity contribution in [2.45, 2.75) is 39.5 Å². The Hall–Kier alpha value is -0.260. The van der Waals surface area contributed by atoms with Crippen LogP contribution in [0.3, 0.4) is 0 Å². The van der Waals surface area contributed by atoms with E-state index in [0.29, 0.717) is 0 Å². The molecule has 0 aromatic heterocycles. The van der Waals surface area contributed by atoms with E-state index in [1.165, 1.54) is 25.7 Å². The Morgan fingerprint density at radius 3 is 2.89 bits per heavy atom. The molecule has 0 aromatic carbocycles. The van der Waals surface area contributed by atoms with E-state index in [1.807, 2.05) is 0 Å². The summed E-state index contributed by atoms with van der Waals surface area (Å²) < 4.78 is 0. The first kappa shape index (κ1) is 6.85. The van der Waals surface area contributed by atoms with Crippen LogP contribution in [0.4, 0.5) is 0 Å². The highest BCUT2D eigenvalue weighted by Gasteiger charge is 2.26. The van der Waals surface area contributed by atoms with Crippen LogP contribution in [-0.2, 0) is 0 Å². The highest BCUT2D eigenvalue weighted by atomic mass is 14.3. The van der Waals surface area contributed by atoms with Gasteiger partial charge in [-0.05, 0) is 25.2 Å².